The number of hydrogen-bond acceptors (Lipinski definition) is 4. The molecule has 3 aromatic rings. The Morgan fingerprint density at radius 3 is 2.44 bits per heavy atom. The van der Waals surface area contributed by atoms with Gasteiger partial charge in [0, 0.05) is 23.2 Å². The lowest BCUT2D eigenvalue weighted by molar-refractivity contribution is 0.134. The summed E-state index contributed by atoms with van der Waals surface area (Å²) >= 11 is 0. The van der Waals surface area contributed by atoms with Crippen LogP contribution < -0.4 is 20.5 Å². The molecular formula is C28H32N2O2. The maximum atomic E-state index is 6.36. The van der Waals surface area contributed by atoms with Crippen LogP contribution in [0, 0.1) is 0 Å². The molecule has 0 saturated carbocycles. The number of anilines is 1. The van der Waals surface area contributed by atoms with Crippen LogP contribution in [0.4, 0.5) is 5.69 Å². The van der Waals surface area contributed by atoms with E-state index in [9.17, 15) is 0 Å². The van der Waals surface area contributed by atoms with Crippen molar-refractivity contribution in [2.24, 2.45) is 0 Å². The van der Waals surface area contributed by atoms with Crippen LogP contribution in [0.2, 0.25) is 0 Å². The van der Waals surface area contributed by atoms with Gasteiger partial charge in [0.1, 0.15) is 5.60 Å². The predicted octanol–water partition coefficient (Wildman–Crippen LogP) is 5.67. The zero-order chi connectivity index (χ0) is 22.7. The molecule has 4 heteroatoms. The van der Waals surface area contributed by atoms with Crippen LogP contribution in [0.3, 0.4) is 0 Å². The highest BCUT2D eigenvalue weighted by Gasteiger charge is 2.41. The van der Waals surface area contributed by atoms with Gasteiger partial charge >= 0.3 is 0 Å². The molecule has 5 rings (SSSR count). The summed E-state index contributed by atoms with van der Waals surface area (Å²) in [5.74, 6) is 1.74. The van der Waals surface area contributed by atoms with E-state index in [2.05, 4.69) is 75.5 Å². The van der Waals surface area contributed by atoms with Gasteiger partial charge in [-0.2, -0.15) is 0 Å². The Labute approximate surface area is 190 Å². The number of methoxy groups -OCH3 is 1. The molecule has 166 valence electrons. The molecule has 3 aromatic carbocycles. The van der Waals surface area contributed by atoms with Crippen LogP contribution in [0.25, 0.3) is 11.1 Å². The molecule has 3 N–H and O–H groups in total. The van der Waals surface area contributed by atoms with Crippen LogP contribution in [-0.2, 0) is 12.8 Å². The van der Waals surface area contributed by atoms with Gasteiger partial charge in [0.05, 0.1) is 13.2 Å². The number of rotatable bonds is 3. The van der Waals surface area contributed by atoms with Gasteiger partial charge in [0.15, 0.2) is 11.5 Å². The largest absolute Gasteiger partial charge is 0.493 e. The fraction of sp³-hybridized carbons (Fsp3) is 0.357. The van der Waals surface area contributed by atoms with E-state index in [0.29, 0.717) is 0 Å². The Balaban J connectivity index is 1.67. The highest BCUT2D eigenvalue weighted by Crippen LogP contribution is 2.50. The Morgan fingerprint density at radius 1 is 0.969 bits per heavy atom. The number of benzene rings is 3. The van der Waals surface area contributed by atoms with Gasteiger partial charge in [0.25, 0.3) is 0 Å². The average Bonchev–Trinajstić information content (AvgIpc) is 3.07. The summed E-state index contributed by atoms with van der Waals surface area (Å²) < 4.78 is 12.1. The average molecular weight is 429 g/mol. The molecule has 0 aliphatic carbocycles. The van der Waals surface area contributed by atoms with E-state index in [1.807, 2.05) is 12.1 Å². The van der Waals surface area contributed by atoms with Gasteiger partial charge in [0.2, 0.25) is 0 Å². The second kappa shape index (κ2) is 7.28. The van der Waals surface area contributed by atoms with Crippen molar-refractivity contribution in [1.82, 2.24) is 5.32 Å². The minimum absolute atomic E-state index is 0.0386. The van der Waals surface area contributed by atoms with E-state index >= 15 is 0 Å². The summed E-state index contributed by atoms with van der Waals surface area (Å²) in [7, 11) is 1.73. The van der Waals surface area contributed by atoms with Crippen LogP contribution in [-0.4, -0.2) is 18.2 Å². The van der Waals surface area contributed by atoms with Crippen LogP contribution in [0.1, 0.15) is 56.0 Å². The van der Waals surface area contributed by atoms with Crippen LogP contribution in [0.5, 0.6) is 11.5 Å². The van der Waals surface area contributed by atoms with Crippen molar-refractivity contribution in [3.05, 3.63) is 76.9 Å². The molecule has 2 aliphatic rings. The molecule has 1 atom stereocenters. The second-order valence-electron chi connectivity index (χ2n) is 10.4. The molecule has 1 unspecified atom stereocenters. The maximum Gasteiger partial charge on any atom is 0.165 e. The molecule has 32 heavy (non-hydrogen) atoms. The zero-order valence-electron chi connectivity index (χ0n) is 19.6. The normalized spacial score (nSPS) is 20.2. The molecule has 4 nitrogen and oxygen atoms in total. The SMILES string of the molecule is COc1cc2c(c3c1OC(C)(C)C3)C(c1cccc(-c3ccc(N)cc3)c1)NC(C)(C)C2. The Bertz CT molecular complexity index is 1180. The molecule has 0 spiro atoms. The molecule has 0 radical (unpaired) electrons. The van der Waals surface area contributed by atoms with E-state index in [-0.39, 0.29) is 17.2 Å². The smallest absolute Gasteiger partial charge is 0.165 e. The number of nitrogens with one attached hydrogen (secondary N) is 1. The van der Waals surface area contributed by atoms with Crippen molar-refractivity contribution >= 4 is 5.69 Å². The van der Waals surface area contributed by atoms with E-state index in [1.165, 1.54) is 33.4 Å². The van der Waals surface area contributed by atoms with Crippen molar-refractivity contribution in [2.45, 2.75) is 57.7 Å². The van der Waals surface area contributed by atoms with Gasteiger partial charge in [-0.15, -0.1) is 0 Å². The highest BCUT2D eigenvalue weighted by molar-refractivity contribution is 5.67. The lowest BCUT2D eigenvalue weighted by atomic mass is 9.77. The first kappa shape index (κ1) is 20.9. The summed E-state index contributed by atoms with van der Waals surface area (Å²) in [4.78, 5) is 0. The monoisotopic (exact) mass is 428 g/mol. The van der Waals surface area contributed by atoms with Crippen molar-refractivity contribution in [3.8, 4) is 22.6 Å². The fourth-order valence-electron chi connectivity index (χ4n) is 5.26. The van der Waals surface area contributed by atoms with E-state index in [1.54, 1.807) is 7.11 Å². The predicted molar refractivity (Wildman–Crippen MR) is 130 cm³/mol. The first-order valence-corrected chi connectivity index (χ1v) is 11.3. The lowest BCUT2D eigenvalue weighted by Crippen LogP contribution is -2.48. The molecule has 2 heterocycles. The lowest BCUT2D eigenvalue weighted by Gasteiger charge is -2.40. The van der Waals surface area contributed by atoms with Gasteiger partial charge < -0.3 is 20.5 Å². The summed E-state index contributed by atoms with van der Waals surface area (Å²) in [5.41, 5.74) is 14.0. The Morgan fingerprint density at radius 2 is 1.72 bits per heavy atom. The summed E-state index contributed by atoms with van der Waals surface area (Å²) in [6.07, 6.45) is 1.82. The molecule has 0 bridgehead atoms. The molecule has 0 amide bonds. The van der Waals surface area contributed by atoms with Crippen molar-refractivity contribution in [1.29, 1.82) is 0 Å². The topological polar surface area (TPSA) is 56.5 Å². The van der Waals surface area contributed by atoms with Crippen molar-refractivity contribution in [2.75, 3.05) is 12.8 Å². The molecule has 0 saturated heterocycles. The number of nitrogens with two attached hydrogens (primary N) is 1. The van der Waals surface area contributed by atoms with Crippen molar-refractivity contribution in [3.63, 3.8) is 0 Å². The summed E-state index contributed by atoms with van der Waals surface area (Å²) in [6.45, 7) is 8.84. The molecule has 2 aliphatic heterocycles. The van der Waals surface area contributed by atoms with Gasteiger partial charge in [-0.25, -0.2) is 0 Å². The minimum atomic E-state index is -0.242. The Kier molecular flexibility index (Phi) is 4.75. The highest BCUT2D eigenvalue weighted by atomic mass is 16.5. The van der Waals surface area contributed by atoms with Gasteiger partial charge in [-0.05, 0) is 86.2 Å². The quantitative estimate of drug-likeness (QED) is 0.528. The third-order valence-corrected chi connectivity index (χ3v) is 6.60. The van der Waals surface area contributed by atoms with Gasteiger partial charge in [-0.1, -0.05) is 30.3 Å². The molecule has 0 fully saturated rings. The second-order valence-corrected chi connectivity index (χ2v) is 10.4. The third-order valence-electron chi connectivity index (χ3n) is 6.60. The minimum Gasteiger partial charge on any atom is -0.493 e. The number of ether oxygens (including phenoxy) is 2. The van der Waals surface area contributed by atoms with Gasteiger partial charge in [-0.3, -0.25) is 0 Å². The van der Waals surface area contributed by atoms with Crippen molar-refractivity contribution < 1.29 is 9.47 Å². The third kappa shape index (κ3) is 3.63. The fourth-order valence-corrected chi connectivity index (χ4v) is 5.26. The van der Waals surface area contributed by atoms with E-state index in [0.717, 1.165) is 30.0 Å². The molecular weight excluding hydrogens is 396 g/mol. The summed E-state index contributed by atoms with van der Waals surface area (Å²) in [6, 6.07) is 19.2. The van der Waals surface area contributed by atoms with Crippen LogP contribution in [0.15, 0.2) is 54.6 Å². The van der Waals surface area contributed by atoms with E-state index in [4.69, 9.17) is 15.2 Å². The maximum absolute atomic E-state index is 6.36. The summed E-state index contributed by atoms with van der Waals surface area (Å²) in [5, 5.41) is 3.93. The first-order chi connectivity index (χ1) is 15.2. The number of nitrogen functional groups attached to an aromatic ring is 1. The van der Waals surface area contributed by atoms with E-state index < -0.39 is 0 Å². The zero-order valence-corrected chi connectivity index (χ0v) is 19.6. The molecule has 0 aromatic heterocycles. The number of hydrogen-bond donors (Lipinski definition) is 2. The first-order valence-electron chi connectivity index (χ1n) is 11.3. The van der Waals surface area contributed by atoms with Crippen LogP contribution >= 0.6 is 0 Å². The number of fused-ring (bicyclic) bond motifs is 3. The Hall–Kier alpha value is -2.98. The standard InChI is InChI=1S/C28H32N2O2/c1-27(2)15-20-14-23(31-5)26-22(16-28(3,4)32-26)24(20)25(30-27)19-8-6-7-18(13-19)17-9-11-21(29)12-10-17/h6-14,25,30H,15-16,29H2,1-5H3.